The first-order chi connectivity index (χ1) is 7.86. The van der Waals surface area contributed by atoms with Crippen molar-refractivity contribution in [1.29, 1.82) is 0 Å². The van der Waals surface area contributed by atoms with E-state index in [9.17, 15) is 13.2 Å². The summed E-state index contributed by atoms with van der Waals surface area (Å²) in [5.74, 6) is 0.178. The van der Waals surface area contributed by atoms with Crippen molar-refractivity contribution >= 4 is 6.34 Å². The summed E-state index contributed by atoms with van der Waals surface area (Å²) in [6.07, 6.45) is -2.95. The first-order valence-electron chi connectivity index (χ1n) is 5.99. The van der Waals surface area contributed by atoms with Crippen LogP contribution in [0.5, 0.6) is 0 Å². The Morgan fingerprint density at radius 2 is 2.00 bits per heavy atom. The summed E-state index contributed by atoms with van der Waals surface area (Å²) in [7, 11) is 0. The minimum Gasteiger partial charge on any atom is -0.332 e. The topological polar surface area (TPSA) is 18.8 Å². The van der Waals surface area contributed by atoms with E-state index in [0.29, 0.717) is 13.1 Å². The van der Waals surface area contributed by atoms with Crippen molar-refractivity contribution in [3.63, 3.8) is 0 Å². The first-order valence-corrected chi connectivity index (χ1v) is 5.99. The molecule has 17 heavy (non-hydrogen) atoms. The van der Waals surface area contributed by atoms with Crippen molar-refractivity contribution < 1.29 is 13.2 Å². The molecular formula is C11H20F3N3. The molecule has 0 N–H and O–H groups in total. The van der Waals surface area contributed by atoms with Gasteiger partial charge in [0.15, 0.2) is 0 Å². The van der Waals surface area contributed by atoms with Gasteiger partial charge in [-0.05, 0) is 12.3 Å². The Bertz CT molecular complexity index is 263. The van der Waals surface area contributed by atoms with Gasteiger partial charge in [0.25, 0.3) is 0 Å². The summed E-state index contributed by atoms with van der Waals surface area (Å²) in [5.41, 5.74) is 0. The van der Waals surface area contributed by atoms with Gasteiger partial charge in [0, 0.05) is 13.1 Å². The Labute approximate surface area is 100 Å². The summed E-state index contributed by atoms with van der Waals surface area (Å²) in [6.45, 7) is 6.47. The van der Waals surface area contributed by atoms with Crippen molar-refractivity contribution in [3.05, 3.63) is 0 Å². The number of hydrogen-bond acceptors (Lipinski definition) is 3. The molecular weight excluding hydrogens is 231 g/mol. The lowest BCUT2D eigenvalue weighted by Gasteiger charge is -2.32. The molecule has 1 atom stereocenters. The SMILES string of the molecule is CCCCN1N=CN(CC(C)C)C1C(F)(F)F. The Morgan fingerprint density at radius 1 is 1.35 bits per heavy atom. The number of nitrogens with zero attached hydrogens (tertiary/aromatic N) is 3. The molecule has 1 unspecified atom stereocenters. The molecule has 0 amide bonds. The molecule has 0 aliphatic carbocycles. The molecule has 6 heteroatoms. The smallest absolute Gasteiger partial charge is 0.332 e. The second kappa shape index (κ2) is 5.60. The number of halogens is 3. The Balaban J connectivity index is 2.71. The zero-order chi connectivity index (χ0) is 13.1. The fourth-order valence-corrected chi connectivity index (χ4v) is 1.86. The van der Waals surface area contributed by atoms with E-state index < -0.39 is 12.3 Å². The van der Waals surface area contributed by atoms with Crippen LogP contribution in [-0.2, 0) is 0 Å². The van der Waals surface area contributed by atoms with Gasteiger partial charge in [-0.3, -0.25) is 5.01 Å². The molecule has 100 valence electrons. The van der Waals surface area contributed by atoms with Gasteiger partial charge in [-0.25, -0.2) is 0 Å². The molecule has 0 radical (unpaired) electrons. The van der Waals surface area contributed by atoms with E-state index in [1.54, 1.807) is 0 Å². The molecule has 1 aliphatic rings. The van der Waals surface area contributed by atoms with Gasteiger partial charge in [0.05, 0.1) is 0 Å². The van der Waals surface area contributed by atoms with Crippen LogP contribution in [0, 0.1) is 5.92 Å². The molecule has 0 saturated heterocycles. The van der Waals surface area contributed by atoms with Crippen LogP contribution < -0.4 is 0 Å². The molecule has 0 aromatic heterocycles. The standard InChI is InChI=1S/C11H20F3N3/c1-4-5-6-17-10(11(12,13)14)16(8-15-17)7-9(2)3/h8-10H,4-7H2,1-3H3. The van der Waals surface area contributed by atoms with Crippen LogP contribution in [0.4, 0.5) is 13.2 Å². The van der Waals surface area contributed by atoms with E-state index in [4.69, 9.17) is 0 Å². The van der Waals surface area contributed by atoms with Crippen molar-refractivity contribution in [3.8, 4) is 0 Å². The monoisotopic (exact) mass is 251 g/mol. The summed E-state index contributed by atoms with van der Waals surface area (Å²) in [4.78, 5) is 1.28. The quantitative estimate of drug-likeness (QED) is 0.748. The third kappa shape index (κ3) is 3.78. The van der Waals surface area contributed by atoms with Gasteiger partial charge in [0.1, 0.15) is 6.34 Å². The minimum atomic E-state index is -4.26. The molecule has 0 aromatic carbocycles. The number of unbranched alkanes of at least 4 members (excludes halogenated alkanes) is 1. The lowest BCUT2D eigenvalue weighted by atomic mass is 10.2. The summed E-state index contributed by atoms with van der Waals surface area (Å²) in [6, 6.07) is 0. The Morgan fingerprint density at radius 3 is 2.47 bits per heavy atom. The predicted molar refractivity (Wildman–Crippen MR) is 61.5 cm³/mol. The van der Waals surface area contributed by atoms with E-state index in [0.717, 1.165) is 17.9 Å². The third-order valence-corrected chi connectivity index (χ3v) is 2.55. The second-order valence-corrected chi connectivity index (χ2v) is 4.75. The summed E-state index contributed by atoms with van der Waals surface area (Å²) >= 11 is 0. The average molecular weight is 251 g/mol. The molecule has 1 rings (SSSR count). The molecule has 0 aromatic rings. The number of hydrazone groups is 1. The van der Waals surface area contributed by atoms with Crippen molar-refractivity contribution in [1.82, 2.24) is 9.91 Å². The predicted octanol–water partition coefficient (Wildman–Crippen LogP) is 2.89. The molecule has 3 nitrogen and oxygen atoms in total. The van der Waals surface area contributed by atoms with E-state index in [2.05, 4.69) is 5.10 Å². The lowest BCUT2D eigenvalue weighted by Crippen LogP contribution is -2.51. The zero-order valence-electron chi connectivity index (χ0n) is 10.5. The van der Waals surface area contributed by atoms with Crippen molar-refractivity contribution in [2.24, 2.45) is 11.0 Å². The maximum atomic E-state index is 13.0. The maximum absolute atomic E-state index is 13.0. The second-order valence-electron chi connectivity index (χ2n) is 4.75. The molecule has 0 bridgehead atoms. The molecule has 1 heterocycles. The summed E-state index contributed by atoms with van der Waals surface area (Å²) in [5, 5.41) is 5.01. The minimum absolute atomic E-state index is 0.178. The van der Waals surface area contributed by atoms with Gasteiger partial charge < -0.3 is 4.90 Å². The largest absolute Gasteiger partial charge is 0.429 e. The molecule has 1 aliphatic heterocycles. The van der Waals surface area contributed by atoms with E-state index in [1.165, 1.54) is 11.2 Å². The highest BCUT2D eigenvalue weighted by Gasteiger charge is 2.49. The number of alkyl halides is 3. The van der Waals surface area contributed by atoms with Crippen LogP contribution in [0.2, 0.25) is 0 Å². The maximum Gasteiger partial charge on any atom is 0.429 e. The Hall–Kier alpha value is -0.940. The zero-order valence-corrected chi connectivity index (χ0v) is 10.5. The fraction of sp³-hybridized carbons (Fsp3) is 0.909. The number of hydrogen-bond donors (Lipinski definition) is 0. The first kappa shape index (κ1) is 14.1. The molecule has 0 fully saturated rings. The Kier molecular flexibility index (Phi) is 4.65. The van der Waals surface area contributed by atoms with Crippen molar-refractivity contribution in [2.45, 2.75) is 46.0 Å². The summed E-state index contributed by atoms with van der Waals surface area (Å²) < 4.78 is 38.9. The van der Waals surface area contributed by atoms with E-state index in [-0.39, 0.29) is 5.92 Å². The highest BCUT2D eigenvalue weighted by atomic mass is 19.4. The van der Waals surface area contributed by atoms with Crippen LogP contribution in [0.25, 0.3) is 0 Å². The van der Waals surface area contributed by atoms with E-state index >= 15 is 0 Å². The van der Waals surface area contributed by atoms with Gasteiger partial charge in [-0.15, -0.1) is 0 Å². The van der Waals surface area contributed by atoms with Crippen LogP contribution in [-0.4, -0.2) is 41.7 Å². The molecule has 0 saturated carbocycles. The van der Waals surface area contributed by atoms with Crippen molar-refractivity contribution in [2.75, 3.05) is 13.1 Å². The van der Waals surface area contributed by atoms with Gasteiger partial charge in [-0.1, -0.05) is 27.2 Å². The molecule has 0 spiro atoms. The lowest BCUT2D eigenvalue weighted by molar-refractivity contribution is -0.208. The van der Waals surface area contributed by atoms with Crippen LogP contribution in [0.1, 0.15) is 33.6 Å². The average Bonchev–Trinajstić information content (AvgIpc) is 2.56. The normalized spacial score (nSPS) is 20.8. The van der Waals surface area contributed by atoms with E-state index in [1.807, 2.05) is 20.8 Å². The van der Waals surface area contributed by atoms with Gasteiger partial charge >= 0.3 is 6.18 Å². The van der Waals surface area contributed by atoms with Gasteiger partial charge in [0.2, 0.25) is 6.17 Å². The van der Waals surface area contributed by atoms with Gasteiger partial charge in [-0.2, -0.15) is 18.3 Å². The highest BCUT2D eigenvalue weighted by molar-refractivity contribution is 5.57. The highest BCUT2D eigenvalue weighted by Crippen LogP contribution is 2.30. The number of rotatable bonds is 5. The fourth-order valence-electron chi connectivity index (χ4n) is 1.86. The van der Waals surface area contributed by atoms with Crippen LogP contribution in [0.15, 0.2) is 5.10 Å². The van der Waals surface area contributed by atoms with Crippen LogP contribution in [0.3, 0.4) is 0 Å². The third-order valence-electron chi connectivity index (χ3n) is 2.55. The van der Waals surface area contributed by atoms with Crippen LogP contribution >= 0.6 is 0 Å².